The molecule has 2 nitrogen and oxygen atoms in total. The zero-order valence-corrected chi connectivity index (χ0v) is 10.8. The SMILES string of the molecule is Cc1ccc2c(c1)C(O)N(C1CCC(F)(F)C1)C=C2. The van der Waals surface area contributed by atoms with Gasteiger partial charge in [-0.15, -0.1) is 0 Å². The predicted octanol–water partition coefficient (Wildman–Crippen LogP) is 3.46. The van der Waals surface area contributed by atoms with Gasteiger partial charge in [-0.3, -0.25) is 0 Å². The largest absolute Gasteiger partial charge is 0.369 e. The van der Waals surface area contributed by atoms with Crippen LogP contribution in [0, 0.1) is 6.92 Å². The van der Waals surface area contributed by atoms with Crippen molar-refractivity contribution < 1.29 is 13.9 Å². The van der Waals surface area contributed by atoms with Crippen LogP contribution in [0.1, 0.15) is 42.2 Å². The molecule has 4 heteroatoms. The predicted molar refractivity (Wildman–Crippen MR) is 69.6 cm³/mol. The summed E-state index contributed by atoms with van der Waals surface area (Å²) in [5.41, 5.74) is 2.82. The van der Waals surface area contributed by atoms with Crippen molar-refractivity contribution in [1.29, 1.82) is 0 Å². The molecule has 1 N–H and O–H groups in total. The summed E-state index contributed by atoms with van der Waals surface area (Å²) >= 11 is 0. The minimum absolute atomic E-state index is 0.0879. The highest BCUT2D eigenvalue weighted by Crippen LogP contribution is 2.41. The number of aliphatic hydroxyl groups is 1. The van der Waals surface area contributed by atoms with E-state index < -0.39 is 12.2 Å². The first-order valence-electron chi connectivity index (χ1n) is 6.58. The van der Waals surface area contributed by atoms with Crippen LogP contribution in [0.3, 0.4) is 0 Å². The number of fused-ring (bicyclic) bond motifs is 1. The van der Waals surface area contributed by atoms with Gasteiger partial charge in [-0.05, 0) is 25.0 Å². The third kappa shape index (κ3) is 2.25. The molecule has 1 saturated carbocycles. The number of hydrogen-bond acceptors (Lipinski definition) is 2. The molecule has 3 rings (SSSR count). The zero-order chi connectivity index (χ0) is 13.6. The first-order valence-corrected chi connectivity index (χ1v) is 6.58. The van der Waals surface area contributed by atoms with E-state index in [-0.39, 0.29) is 18.9 Å². The average Bonchev–Trinajstić information content (AvgIpc) is 2.71. The number of benzene rings is 1. The lowest BCUT2D eigenvalue weighted by molar-refractivity contribution is -0.0217. The Morgan fingerprint density at radius 3 is 2.84 bits per heavy atom. The monoisotopic (exact) mass is 265 g/mol. The lowest BCUT2D eigenvalue weighted by atomic mass is 9.98. The molecule has 102 valence electrons. The van der Waals surface area contributed by atoms with Crippen LogP contribution in [0.5, 0.6) is 0 Å². The van der Waals surface area contributed by atoms with E-state index in [1.807, 2.05) is 31.2 Å². The summed E-state index contributed by atoms with van der Waals surface area (Å²) < 4.78 is 26.6. The number of rotatable bonds is 1. The van der Waals surface area contributed by atoms with E-state index in [1.165, 1.54) is 0 Å². The Labute approximate surface area is 111 Å². The minimum Gasteiger partial charge on any atom is -0.369 e. The second kappa shape index (κ2) is 4.30. The number of aliphatic hydroxyl groups excluding tert-OH is 1. The molecular formula is C15H17F2NO. The van der Waals surface area contributed by atoms with Crippen molar-refractivity contribution in [1.82, 2.24) is 4.90 Å². The maximum absolute atomic E-state index is 13.3. The van der Waals surface area contributed by atoms with Gasteiger partial charge in [0.2, 0.25) is 5.92 Å². The molecule has 1 aromatic carbocycles. The van der Waals surface area contributed by atoms with Crippen LogP contribution in [0.4, 0.5) is 8.78 Å². The summed E-state index contributed by atoms with van der Waals surface area (Å²) in [5.74, 6) is -2.59. The van der Waals surface area contributed by atoms with Gasteiger partial charge in [0, 0.05) is 30.6 Å². The summed E-state index contributed by atoms with van der Waals surface area (Å²) in [4.78, 5) is 1.67. The van der Waals surface area contributed by atoms with Crippen molar-refractivity contribution >= 4 is 6.08 Å². The zero-order valence-electron chi connectivity index (χ0n) is 10.8. The van der Waals surface area contributed by atoms with E-state index in [2.05, 4.69) is 0 Å². The molecule has 0 radical (unpaired) electrons. The minimum atomic E-state index is -2.59. The van der Waals surface area contributed by atoms with E-state index in [0.717, 1.165) is 16.7 Å². The van der Waals surface area contributed by atoms with E-state index in [4.69, 9.17) is 0 Å². The van der Waals surface area contributed by atoms with Gasteiger partial charge in [-0.2, -0.15) is 0 Å². The Kier molecular flexibility index (Phi) is 2.86. The van der Waals surface area contributed by atoms with E-state index in [1.54, 1.807) is 11.1 Å². The fraction of sp³-hybridized carbons (Fsp3) is 0.467. The average molecular weight is 265 g/mol. The van der Waals surface area contributed by atoms with Crippen LogP contribution in [0.2, 0.25) is 0 Å². The van der Waals surface area contributed by atoms with Crippen LogP contribution in [-0.4, -0.2) is 22.0 Å². The molecule has 19 heavy (non-hydrogen) atoms. The third-order valence-electron chi connectivity index (χ3n) is 4.03. The Morgan fingerprint density at radius 2 is 2.16 bits per heavy atom. The van der Waals surface area contributed by atoms with Gasteiger partial charge in [0.15, 0.2) is 6.23 Å². The van der Waals surface area contributed by atoms with Gasteiger partial charge in [0.1, 0.15) is 0 Å². The van der Waals surface area contributed by atoms with Crippen LogP contribution >= 0.6 is 0 Å². The molecule has 1 aliphatic carbocycles. The first kappa shape index (κ1) is 12.6. The molecule has 0 aromatic heterocycles. The maximum atomic E-state index is 13.3. The van der Waals surface area contributed by atoms with Crippen molar-refractivity contribution in [2.75, 3.05) is 0 Å². The second-order valence-corrected chi connectivity index (χ2v) is 5.52. The Hall–Kier alpha value is -1.42. The van der Waals surface area contributed by atoms with Crippen molar-refractivity contribution in [3.8, 4) is 0 Å². The van der Waals surface area contributed by atoms with Gasteiger partial charge in [0.05, 0.1) is 0 Å². The van der Waals surface area contributed by atoms with Crippen LogP contribution in [-0.2, 0) is 0 Å². The normalized spacial score (nSPS) is 28.5. The molecule has 1 heterocycles. The molecule has 1 aliphatic heterocycles. The van der Waals surface area contributed by atoms with Gasteiger partial charge in [-0.1, -0.05) is 23.8 Å². The van der Waals surface area contributed by atoms with Crippen molar-refractivity contribution in [3.63, 3.8) is 0 Å². The summed E-state index contributed by atoms with van der Waals surface area (Å²) in [6.45, 7) is 1.96. The summed E-state index contributed by atoms with van der Waals surface area (Å²) in [6.07, 6.45) is 2.98. The molecule has 2 aliphatic rings. The fourth-order valence-electron chi connectivity index (χ4n) is 2.98. The Balaban J connectivity index is 1.87. The number of halogens is 2. The molecule has 0 saturated heterocycles. The highest BCUT2D eigenvalue weighted by Gasteiger charge is 2.43. The highest BCUT2D eigenvalue weighted by atomic mass is 19.3. The van der Waals surface area contributed by atoms with E-state index >= 15 is 0 Å². The van der Waals surface area contributed by atoms with Gasteiger partial charge in [-0.25, -0.2) is 8.78 Å². The van der Waals surface area contributed by atoms with E-state index in [0.29, 0.717) is 6.42 Å². The maximum Gasteiger partial charge on any atom is 0.250 e. The molecular weight excluding hydrogens is 248 g/mol. The third-order valence-corrected chi connectivity index (χ3v) is 4.03. The second-order valence-electron chi connectivity index (χ2n) is 5.52. The number of alkyl halides is 2. The van der Waals surface area contributed by atoms with Crippen molar-refractivity contribution in [3.05, 3.63) is 41.1 Å². The van der Waals surface area contributed by atoms with Crippen molar-refractivity contribution in [2.24, 2.45) is 0 Å². The summed E-state index contributed by atoms with van der Waals surface area (Å²) in [5, 5.41) is 10.4. The smallest absolute Gasteiger partial charge is 0.250 e. The molecule has 1 aromatic rings. The Morgan fingerprint density at radius 1 is 1.37 bits per heavy atom. The quantitative estimate of drug-likeness (QED) is 0.840. The molecule has 0 spiro atoms. The Bertz CT molecular complexity index is 527. The molecule has 2 unspecified atom stereocenters. The van der Waals surface area contributed by atoms with Crippen LogP contribution in [0.25, 0.3) is 6.08 Å². The van der Waals surface area contributed by atoms with Gasteiger partial charge >= 0.3 is 0 Å². The van der Waals surface area contributed by atoms with Crippen LogP contribution < -0.4 is 0 Å². The topological polar surface area (TPSA) is 23.5 Å². The fourth-order valence-corrected chi connectivity index (χ4v) is 2.98. The number of nitrogens with zero attached hydrogens (tertiary/aromatic N) is 1. The standard InChI is InChI=1S/C15H17F2NO/c1-10-2-3-11-5-7-18(14(19)13(11)8-10)12-4-6-15(16,17)9-12/h2-3,5,7-8,12,14,19H,4,6,9H2,1H3. The molecule has 1 fully saturated rings. The number of aryl methyl sites for hydroxylation is 1. The number of hydrogen-bond donors (Lipinski definition) is 1. The summed E-state index contributed by atoms with van der Waals surface area (Å²) in [6, 6.07) is 5.57. The first-order chi connectivity index (χ1) is 8.96. The van der Waals surface area contributed by atoms with Gasteiger partial charge < -0.3 is 10.0 Å². The van der Waals surface area contributed by atoms with Crippen molar-refractivity contribution in [2.45, 2.75) is 44.4 Å². The molecule has 0 amide bonds. The highest BCUT2D eigenvalue weighted by molar-refractivity contribution is 5.57. The van der Waals surface area contributed by atoms with E-state index in [9.17, 15) is 13.9 Å². The van der Waals surface area contributed by atoms with Gasteiger partial charge in [0.25, 0.3) is 0 Å². The van der Waals surface area contributed by atoms with Crippen LogP contribution in [0.15, 0.2) is 24.4 Å². The molecule has 0 bridgehead atoms. The summed E-state index contributed by atoms with van der Waals surface area (Å²) in [7, 11) is 0. The lowest BCUT2D eigenvalue weighted by Gasteiger charge is -2.36. The molecule has 2 atom stereocenters. The lowest BCUT2D eigenvalue weighted by Crippen LogP contribution is -2.35.